The first-order valence-corrected chi connectivity index (χ1v) is 4.14. The predicted molar refractivity (Wildman–Crippen MR) is 56.2 cm³/mol. The van der Waals surface area contributed by atoms with Crippen molar-refractivity contribution in [2.24, 2.45) is 0 Å². The van der Waals surface area contributed by atoms with Gasteiger partial charge >= 0.3 is 0 Å². The summed E-state index contributed by atoms with van der Waals surface area (Å²) in [6.07, 6.45) is 7.91. The van der Waals surface area contributed by atoms with Crippen LogP contribution in [0.3, 0.4) is 0 Å². The van der Waals surface area contributed by atoms with Crippen LogP contribution >= 0.6 is 12.6 Å². The summed E-state index contributed by atoms with van der Waals surface area (Å²) in [6, 6.07) is 0. The molecule has 0 atom stereocenters. The van der Waals surface area contributed by atoms with Gasteiger partial charge in [0.25, 0.3) is 0 Å². The molecule has 0 nitrogen and oxygen atoms in total. The highest BCUT2D eigenvalue weighted by atomic mass is 32.1. The summed E-state index contributed by atoms with van der Waals surface area (Å²) in [7, 11) is 0. The summed E-state index contributed by atoms with van der Waals surface area (Å²) in [6.45, 7) is 9.94. The Morgan fingerprint density at radius 3 is 2.27 bits per heavy atom. The number of hydrogen-bond donors (Lipinski definition) is 1. The third kappa shape index (κ3) is 4.91. The molecule has 0 heterocycles. The second-order valence-corrected chi connectivity index (χ2v) is 4.09. The first-order valence-electron chi connectivity index (χ1n) is 3.69. The molecule has 0 N–H and O–H groups in total. The highest BCUT2D eigenvalue weighted by Crippen LogP contribution is 2.22. The van der Waals surface area contributed by atoms with Gasteiger partial charge in [0, 0.05) is 4.75 Å². The van der Waals surface area contributed by atoms with Crippen LogP contribution < -0.4 is 0 Å². The zero-order valence-corrected chi connectivity index (χ0v) is 8.36. The van der Waals surface area contributed by atoms with E-state index in [0.29, 0.717) is 0 Å². The first kappa shape index (κ1) is 10.6. The molecule has 0 spiro atoms. The maximum Gasteiger partial charge on any atom is 0.0316 e. The van der Waals surface area contributed by atoms with Crippen LogP contribution in [0, 0.1) is 0 Å². The van der Waals surface area contributed by atoms with Crippen LogP contribution in [0.5, 0.6) is 0 Å². The summed E-state index contributed by atoms with van der Waals surface area (Å²) in [5, 5.41) is 0. The van der Waals surface area contributed by atoms with E-state index in [1.165, 1.54) is 0 Å². The van der Waals surface area contributed by atoms with E-state index in [1.54, 1.807) is 0 Å². The lowest BCUT2D eigenvalue weighted by molar-refractivity contribution is 0.870. The Balaban J connectivity index is 4.08. The average molecular weight is 168 g/mol. The van der Waals surface area contributed by atoms with Crippen molar-refractivity contribution in [3.8, 4) is 0 Å². The van der Waals surface area contributed by atoms with Crippen molar-refractivity contribution < 1.29 is 0 Å². The molecule has 0 aliphatic heterocycles. The maximum atomic E-state index is 4.38. The van der Waals surface area contributed by atoms with Gasteiger partial charge in [-0.25, -0.2) is 0 Å². The molecule has 0 fully saturated rings. The fraction of sp³-hybridized carbons (Fsp3) is 0.400. The number of hydrogen-bond acceptors (Lipinski definition) is 1. The summed E-state index contributed by atoms with van der Waals surface area (Å²) >= 11 is 4.38. The Bertz CT molecular complexity index is 180. The van der Waals surface area contributed by atoms with E-state index in [2.05, 4.69) is 19.2 Å². The molecule has 0 saturated carbocycles. The van der Waals surface area contributed by atoms with Crippen molar-refractivity contribution in [2.45, 2.75) is 25.5 Å². The summed E-state index contributed by atoms with van der Waals surface area (Å²) in [4.78, 5) is 0. The van der Waals surface area contributed by atoms with Gasteiger partial charge in [-0.2, -0.15) is 12.6 Å². The van der Waals surface area contributed by atoms with Gasteiger partial charge in [-0.15, -0.1) is 0 Å². The number of rotatable bonds is 3. The molecule has 0 aliphatic rings. The smallest absolute Gasteiger partial charge is 0.0316 e. The largest absolute Gasteiger partial charge is 0.168 e. The molecule has 0 aromatic heterocycles. The van der Waals surface area contributed by atoms with E-state index in [4.69, 9.17) is 0 Å². The van der Waals surface area contributed by atoms with Crippen LogP contribution in [0.1, 0.15) is 20.8 Å². The first-order chi connectivity index (χ1) is 4.98. The van der Waals surface area contributed by atoms with Gasteiger partial charge in [0.1, 0.15) is 0 Å². The quantitative estimate of drug-likeness (QED) is 0.484. The van der Waals surface area contributed by atoms with Crippen LogP contribution in [0.4, 0.5) is 0 Å². The van der Waals surface area contributed by atoms with Gasteiger partial charge in [0.2, 0.25) is 0 Å². The molecule has 0 aromatic rings. The van der Waals surface area contributed by atoms with Crippen molar-refractivity contribution in [3.63, 3.8) is 0 Å². The molecule has 62 valence electrons. The van der Waals surface area contributed by atoms with Crippen LogP contribution in [0.25, 0.3) is 0 Å². The normalized spacial score (nSPS) is 13.1. The molecule has 0 aromatic carbocycles. The molecule has 1 heteroatoms. The highest BCUT2D eigenvalue weighted by Gasteiger charge is 2.12. The van der Waals surface area contributed by atoms with Gasteiger partial charge in [0.05, 0.1) is 0 Å². The van der Waals surface area contributed by atoms with Crippen molar-refractivity contribution in [1.29, 1.82) is 0 Å². The lowest BCUT2D eigenvalue weighted by Crippen LogP contribution is -2.11. The summed E-state index contributed by atoms with van der Waals surface area (Å²) < 4.78 is -0.113. The Kier molecular flexibility index (Phi) is 4.27. The molecule has 0 rings (SSSR count). The molecule has 0 saturated heterocycles. The molecule has 0 amide bonds. The van der Waals surface area contributed by atoms with Gasteiger partial charge in [-0.05, 0) is 26.3 Å². The minimum atomic E-state index is -0.113. The Morgan fingerprint density at radius 1 is 1.36 bits per heavy atom. The van der Waals surface area contributed by atoms with Gasteiger partial charge < -0.3 is 0 Å². The van der Waals surface area contributed by atoms with Crippen molar-refractivity contribution in [1.82, 2.24) is 0 Å². The number of allylic oxidation sites excluding steroid dienone is 4. The second kappa shape index (κ2) is 4.45. The average Bonchev–Trinajstić information content (AvgIpc) is 1.86. The van der Waals surface area contributed by atoms with Gasteiger partial charge in [-0.1, -0.05) is 30.9 Å². The SMILES string of the molecule is C=C(/C=C\C=C/C)C(C)(C)S. The van der Waals surface area contributed by atoms with Gasteiger partial charge in [-0.3, -0.25) is 0 Å². The predicted octanol–water partition coefficient (Wildman–Crippen LogP) is 3.38. The molecule has 11 heavy (non-hydrogen) atoms. The van der Waals surface area contributed by atoms with E-state index >= 15 is 0 Å². The van der Waals surface area contributed by atoms with Crippen LogP contribution in [-0.4, -0.2) is 4.75 Å². The lowest BCUT2D eigenvalue weighted by Gasteiger charge is -2.17. The topological polar surface area (TPSA) is 0 Å². The standard InChI is InChI=1S/C10H16S/c1-5-6-7-8-9(2)10(3,4)11/h5-8,11H,2H2,1,3-4H3/b6-5-,8-7-. The van der Waals surface area contributed by atoms with Crippen molar-refractivity contribution in [2.75, 3.05) is 0 Å². The molecule has 0 aliphatic carbocycles. The fourth-order valence-electron chi connectivity index (χ4n) is 0.487. The lowest BCUT2D eigenvalue weighted by atomic mass is 10.0. The monoisotopic (exact) mass is 168 g/mol. The maximum absolute atomic E-state index is 4.38. The van der Waals surface area contributed by atoms with E-state index in [-0.39, 0.29) is 4.75 Å². The zero-order valence-electron chi connectivity index (χ0n) is 7.46. The molecular formula is C10H16S. The Hall–Kier alpha value is -0.430. The summed E-state index contributed by atoms with van der Waals surface area (Å²) in [5.41, 5.74) is 1.03. The van der Waals surface area contributed by atoms with Crippen molar-refractivity contribution in [3.05, 3.63) is 36.5 Å². The van der Waals surface area contributed by atoms with Crippen LogP contribution in [-0.2, 0) is 0 Å². The molecule has 0 bridgehead atoms. The number of thiol groups is 1. The zero-order chi connectivity index (χ0) is 8.91. The van der Waals surface area contributed by atoms with Gasteiger partial charge in [0.15, 0.2) is 0 Å². The van der Waals surface area contributed by atoms with Crippen LogP contribution in [0.2, 0.25) is 0 Å². The minimum absolute atomic E-state index is 0.113. The van der Waals surface area contributed by atoms with E-state index in [0.717, 1.165) is 5.57 Å². The third-order valence-electron chi connectivity index (χ3n) is 1.39. The minimum Gasteiger partial charge on any atom is -0.168 e. The second-order valence-electron chi connectivity index (χ2n) is 2.97. The van der Waals surface area contributed by atoms with E-state index in [1.807, 2.05) is 45.1 Å². The third-order valence-corrected chi connectivity index (χ3v) is 1.67. The molecule has 0 radical (unpaired) electrons. The Morgan fingerprint density at radius 2 is 1.91 bits per heavy atom. The Labute approximate surface area is 75.1 Å². The van der Waals surface area contributed by atoms with E-state index < -0.39 is 0 Å². The fourth-order valence-corrected chi connectivity index (χ4v) is 0.561. The summed E-state index contributed by atoms with van der Waals surface area (Å²) in [5.74, 6) is 0. The van der Waals surface area contributed by atoms with Crippen LogP contribution in [0.15, 0.2) is 36.5 Å². The molecule has 0 unspecified atom stereocenters. The highest BCUT2D eigenvalue weighted by molar-refractivity contribution is 7.82. The molecular weight excluding hydrogens is 152 g/mol. The van der Waals surface area contributed by atoms with E-state index in [9.17, 15) is 0 Å². The van der Waals surface area contributed by atoms with Crippen molar-refractivity contribution >= 4 is 12.6 Å².